The summed E-state index contributed by atoms with van der Waals surface area (Å²) in [5.74, 6) is 0.853. The molecular weight excluding hydrogens is 240 g/mol. The fraction of sp³-hybridized carbons (Fsp3) is 0.188. The van der Waals surface area contributed by atoms with E-state index in [2.05, 4.69) is 0 Å². The maximum atomic E-state index is 12.2. The van der Waals surface area contributed by atoms with Gasteiger partial charge in [-0.25, -0.2) is 0 Å². The molecule has 2 aromatic carbocycles. The van der Waals surface area contributed by atoms with Gasteiger partial charge in [-0.15, -0.1) is 0 Å². The summed E-state index contributed by atoms with van der Waals surface area (Å²) in [6, 6.07) is 13.3. The lowest BCUT2D eigenvalue weighted by molar-refractivity contribution is 0.103. The summed E-state index contributed by atoms with van der Waals surface area (Å²) in [6.45, 7) is 2.72. The van der Waals surface area contributed by atoms with Crippen molar-refractivity contribution in [1.82, 2.24) is 0 Å². The predicted molar refractivity (Wildman–Crippen MR) is 73.8 cm³/mol. The molecule has 0 aliphatic rings. The average molecular weight is 256 g/mol. The number of phenolic OH excluding ortho intramolecular Hbond substituents is 1. The fourth-order valence-electron chi connectivity index (χ4n) is 1.70. The Kier molecular flexibility index (Phi) is 4.18. The molecule has 2 aromatic rings. The quantitative estimate of drug-likeness (QED) is 0.834. The molecule has 1 N–H and O–H groups in total. The van der Waals surface area contributed by atoms with Crippen molar-refractivity contribution in [2.24, 2.45) is 0 Å². The highest BCUT2D eigenvalue weighted by Crippen LogP contribution is 2.17. The zero-order chi connectivity index (χ0) is 13.7. The Balaban J connectivity index is 2.13. The largest absolute Gasteiger partial charge is 0.508 e. The number of phenols is 1. The van der Waals surface area contributed by atoms with Gasteiger partial charge < -0.3 is 9.84 Å². The van der Waals surface area contributed by atoms with Gasteiger partial charge in [0, 0.05) is 11.1 Å². The SMILES string of the molecule is CCCOc1ccc(C(=O)c2ccc(O)cc2)cc1. The van der Waals surface area contributed by atoms with Crippen molar-refractivity contribution in [3.63, 3.8) is 0 Å². The summed E-state index contributed by atoms with van der Waals surface area (Å²) in [7, 11) is 0. The molecular formula is C16H16O3. The minimum Gasteiger partial charge on any atom is -0.508 e. The van der Waals surface area contributed by atoms with E-state index < -0.39 is 0 Å². The van der Waals surface area contributed by atoms with Crippen LogP contribution in [0, 0.1) is 0 Å². The van der Waals surface area contributed by atoms with Crippen molar-refractivity contribution >= 4 is 5.78 Å². The molecule has 0 fully saturated rings. The molecule has 0 radical (unpaired) electrons. The Labute approximate surface area is 112 Å². The first kappa shape index (κ1) is 13.1. The van der Waals surface area contributed by atoms with Crippen LogP contribution in [0.2, 0.25) is 0 Å². The maximum absolute atomic E-state index is 12.2. The minimum absolute atomic E-state index is 0.0676. The highest BCUT2D eigenvalue weighted by Gasteiger charge is 2.08. The Bertz CT molecular complexity index is 541. The lowest BCUT2D eigenvalue weighted by Crippen LogP contribution is -2.01. The third-order valence-electron chi connectivity index (χ3n) is 2.72. The molecule has 0 saturated carbocycles. The summed E-state index contributed by atoms with van der Waals surface area (Å²) in [5.41, 5.74) is 1.16. The second kappa shape index (κ2) is 6.05. The molecule has 0 atom stereocenters. The first-order chi connectivity index (χ1) is 9.20. The van der Waals surface area contributed by atoms with Crippen molar-refractivity contribution < 1.29 is 14.6 Å². The van der Waals surface area contributed by atoms with Crippen molar-refractivity contribution in [1.29, 1.82) is 0 Å². The lowest BCUT2D eigenvalue weighted by atomic mass is 10.0. The van der Waals surface area contributed by atoms with Crippen molar-refractivity contribution in [2.75, 3.05) is 6.61 Å². The molecule has 0 saturated heterocycles. The fourth-order valence-corrected chi connectivity index (χ4v) is 1.70. The van der Waals surface area contributed by atoms with Crippen molar-refractivity contribution in [3.8, 4) is 11.5 Å². The number of benzene rings is 2. The van der Waals surface area contributed by atoms with Gasteiger partial charge in [-0.2, -0.15) is 0 Å². The van der Waals surface area contributed by atoms with Gasteiger partial charge in [-0.3, -0.25) is 4.79 Å². The Morgan fingerprint density at radius 2 is 1.53 bits per heavy atom. The summed E-state index contributed by atoms with van der Waals surface area (Å²) >= 11 is 0. The van der Waals surface area contributed by atoms with E-state index in [4.69, 9.17) is 4.74 Å². The van der Waals surface area contributed by atoms with Crippen LogP contribution in [0.5, 0.6) is 11.5 Å². The van der Waals surface area contributed by atoms with E-state index in [1.54, 1.807) is 36.4 Å². The van der Waals surface area contributed by atoms with E-state index >= 15 is 0 Å². The van der Waals surface area contributed by atoms with E-state index in [0.29, 0.717) is 17.7 Å². The van der Waals surface area contributed by atoms with E-state index in [-0.39, 0.29) is 11.5 Å². The second-order valence-electron chi connectivity index (χ2n) is 4.25. The zero-order valence-corrected chi connectivity index (χ0v) is 10.8. The highest BCUT2D eigenvalue weighted by atomic mass is 16.5. The van der Waals surface area contributed by atoms with Crippen LogP contribution in [-0.2, 0) is 0 Å². The normalized spacial score (nSPS) is 10.2. The Morgan fingerprint density at radius 1 is 1.00 bits per heavy atom. The molecule has 3 heteroatoms. The topological polar surface area (TPSA) is 46.5 Å². The molecule has 19 heavy (non-hydrogen) atoms. The molecule has 0 unspecified atom stereocenters. The summed E-state index contributed by atoms with van der Waals surface area (Å²) < 4.78 is 5.47. The van der Waals surface area contributed by atoms with Crippen LogP contribution < -0.4 is 4.74 Å². The van der Waals surface area contributed by atoms with Crippen molar-refractivity contribution in [2.45, 2.75) is 13.3 Å². The number of aromatic hydroxyl groups is 1. The lowest BCUT2D eigenvalue weighted by Gasteiger charge is -2.05. The molecule has 0 aliphatic heterocycles. The number of carbonyl (C=O) groups is 1. The van der Waals surface area contributed by atoms with Crippen molar-refractivity contribution in [3.05, 3.63) is 59.7 Å². The van der Waals surface area contributed by atoms with Gasteiger partial charge >= 0.3 is 0 Å². The third kappa shape index (κ3) is 3.35. The van der Waals surface area contributed by atoms with Crippen LogP contribution in [0.15, 0.2) is 48.5 Å². The van der Waals surface area contributed by atoms with Crippen LogP contribution in [0.1, 0.15) is 29.3 Å². The molecule has 0 bridgehead atoms. The van der Waals surface area contributed by atoms with E-state index in [9.17, 15) is 9.90 Å². The first-order valence-electron chi connectivity index (χ1n) is 6.27. The van der Waals surface area contributed by atoms with Crippen LogP contribution >= 0.6 is 0 Å². The first-order valence-corrected chi connectivity index (χ1v) is 6.27. The van der Waals surface area contributed by atoms with E-state index in [1.165, 1.54) is 12.1 Å². The molecule has 0 heterocycles. The number of ketones is 1. The van der Waals surface area contributed by atoms with Gasteiger partial charge in [0.25, 0.3) is 0 Å². The number of ether oxygens (including phenoxy) is 1. The predicted octanol–water partition coefficient (Wildman–Crippen LogP) is 3.41. The van der Waals surface area contributed by atoms with Crippen LogP contribution in [-0.4, -0.2) is 17.5 Å². The average Bonchev–Trinajstić information content (AvgIpc) is 2.46. The standard InChI is InChI=1S/C16H16O3/c1-2-11-19-15-9-5-13(6-10-15)16(18)12-3-7-14(17)8-4-12/h3-10,17H,2,11H2,1H3. The van der Waals surface area contributed by atoms with Crippen LogP contribution in [0.3, 0.4) is 0 Å². The van der Waals surface area contributed by atoms with Gasteiger partial charge in [-0.1, -0.05) is 6.92 Å². The Hall–Kier alpha value is -2.29. The summed E-state index contributed by atoms with van der Waals surface area (Å²) in [6.07, 6.45) is 0.953. The molecule has 0 aromatic heterocycles. The van der Waals surface area contributed by atoms with Gasteiger partial charge in [-0.05, 0) is 55.0 Å². The third-order valence-corrected chi connectivity index (χ3v) is 2.72. The molecule has 0 amide bonds. The van der Waals surface area contributed by atoms with E-state index in [1.807, 2.05) is 6.92 Å². The number of hydrogen-bond acceptors (Lipinski definition) is 3. The zero-order valence-electron chi connectivity index (χ0n) is 10.8. The summed E-state index contributed by atoms with van der Waals surface area (Å²) in [5, 5.41) is 9.20. The van der Waals surface area contributed by atoms with Crippen LogP contribution in [0.25, 0.3) is 0 Å². The molecule has 0 spiro atoms. The molecule has 0 aliphatic carbocycles. The molecule has 2 rings (SSSR count). The monoisotopic (exact) mass is 256 g/mol. The van der Waals surface area contributed by atoms with Gasteiger partial charge in [0.2, 0.25) is 0 Å². The molecule has 98 valence electrons. The van der Waals surface area contributed by atoms with Gasteiger partial charge in [0.1, 0.15) is 11.5 Å². The number of carbonyl (C=O) groups excluding carboxylic acids is 1. The maximum Gasteiger partial charge on any atom is 0.193 e. The smallest absolute Gasteiger partial charge is 0.193 e. The second-order valence-corrected chi connectivity index (χ2v) is 4.25. The minimum atomic E-state index is -0.0676. The number of hydrogen-bond donors (Lipinski definition) is 1. The highest BCUT2D eigenvalue weighted by molar-refractivity contribution is 6.09. The van der Waals surface area contributed by atoms with Crippen LogP contribution in [0.4, 0.5) is 0 Å². The van der Waals surface area contributed by atoms with Gasteiger partial charge in [0.05, 0.1) is 6.61 Å². The molecule has 3 nitrogen and oxygen atoms in total. The van der Waals surface area contributed by atoms with E-state index in [0.717, 1.165) is 12.2 Å². The number of rotatable bonds is 5. The Morgan fingerprint density at radius 3 is 2.05 bits per heavy atom. The van der Waals surface area contributed by atoms with Gasteiger partial charge in [0.15, 0.2) is 5.78 Å². The summed E-state index contributed by atoms with van der Waals surface area (Å²) in [4.78, 5) is 12.2.